The molecule has 1 N–H and O–H groups in total. The van der Waals surface area contributed by atoms with E-state index in [1.807, 2.05) is 57.2 Å². The zero-order chi connectivity index (χ0) is 18.7. The predicted molar refractivity (Wildman–Crippen MR) is 103 cm³/mol. The van der Waals surface area contributed by atoms with E-state index in [1.165, 1.54) is 16.5 Å². The van der Waals surface area contributed by atoms with Gasteiger partial charge in [-0.05, 0) is 37.5 Å². The number of amides is 1. The van der Waals surface area contributed by atoms with Crippen molar-refractivity contribution >= 4 is 16.8 Å². The van der Waals surface area contributed by atoms with Crippen molar-refractivity contribution in [3.05, 3.63) is 75.8 Å². The molecule has 0 aliphatic carbocycles. The average Bonchev–Trinajstić information content (AvgIpc) is 2.63. The molecule has 134 valence electrons. The lowest BCUT2D eigenvalue weighted by atomic mass is 10.0. The number of benzene rings is 2. The summed E-state index contributed by atoms with van der Waals surface area (Å²) in [5.41, 5.74) is 3.67. The molecule has 1 heterocycles. The van der Waals surface area contributed by atoms with Gasteiger partial charge < -0.3 is 5.32 Å². The van der Waals surface area contributed by atoms with Gasteiger partial charge in [0.05, 0.1) is 23.3 Å². The predicted octanol–water partition coefficient (Wildman–Crippen LogP) is 3.28. The Morgan fingerprint density at radius 3 is 2.58 bits per heavy atom. The fraction of sp³-hybridized carbons (Fsp3) is 0.286. The molecule has 0 fully saturated rings. The van der Waals surface area contributed by atoms with Crippen molar-refractivity contribution in [2.45, 2.75) is 39.8 Å². The van der Waals surface area contributed by atoms with Gasteiger partial charge in [0, 0.05) is 0 Å². The van der Waals surface area contributed by atoms with Crippen molar-refractivity contribution in [1.82, 2.24) is 14.9 Å². The highest BCUT2D eigenvalue weighted by atomic mass is 16.2. The lowest BCUT2D eigenvalue weighted by molar-refractivity contribution is -0.122. The smallest absolute Gasteiger partial charge is 0.261 e. The number of hydrogen-bond acceptors (Lipinski definition) is 3. The first kappa shape index (κ1) is 17.9. The van der Waals surface area contributed by atoms with E-state index in [2.05, 4.69) is 10.3 Å². The summed E-state index contributed by atoms with van der Waals surface area (Å²) >= 11 is 0. The van der Waals surface area contributed by atoms with E-state index in [9.17, 15) is 9.59 Å². The van der Waals surface area contributed by atoms with Crippen LogP contribution >= 0.6 is 0 Å². The van der Waals surface area contributed by atoms with E-state index in [-0.39, 0.29) is 24.1 Å². The second-order valence-electron chi connectivity index (χ2n) is 6.59. The third-order valence-corrected chi connectivity index (χ3v) is 4.59. The molecule has 5 nitrogen and oxygen atoms in total. The molecule has 1 amide bonds. The first-order chi connectivity index (χ1) is 12.5. The van der Waals surface area contributed by atoms with Crippen LogP contribution in [0.1, 0.15) is 36.1 Å². The molecule has 2 aromatic carbocycles. The largest absolute Gasteiger partial charge is 0.348 e. The maximum absolute atomic E-state index is 12.6. The van der Waals surface area contributed by atoms with Crippen molar-refractivity contribution in [1.29, 1.82) is 0 Å². The van der Waals surface area contributed by atoms with Crippen LogP contribution in [0.5, 0.6) is 0 Å². The Labute approximate surface area is 152 Å². The Balaban J connectivity index is 1.79. The molecular weight excluding hydrogens is 326 g/mol. The van der Waals surface area contributed by atoms with Gasteiger partial charge in [-0.2, -0.15) is 0 Å². The highest BCUT2D eigenvalue weighted by Crippen LogP contribution is 2.17. The van der Waals surface area contributed by atoms with Crippen molar-refractivity contribution in [3.8, 4) is 0 Å². The molecule has 3 aromatic rings. The van der Waals surface area contributed by atoms with Crippen LogP contribution in [0.2, 0.25) is 0 Å². The normalized spacial score (nSPS) is 12.1. The highest BCUT2D eigenvalue weighted by molar-refractivity contribution is 5.81. The van der Waals surface area contributed by atoms with E-state index in [0.29, 0.717) is 10.9 Å². The zero-order valence-electron chi connectivity index (χ0n) is 15.3. The van der Waals surface area contributed by atoms with Crippen LogP contribution < -0.4 is 10.9 Å². The summed E-state index contributed by atoms with van der Waals surface area (Å²) < 4.78 is 1.36. The minimum Gasteiger partial charge on any atom is -0.348 e. The molecule has 0 radical (unpaired) electrons. The minimum atomic E-state index is -0.201. The number of rotatable bonds is 5. The van der Waals surface area contributed by atoms with Crippen molar-refractivity contribution in [2.24, 2.45) is 0 Å². The Morgan fingerprint density at radius 2 is 1.88 bits per heavy atom. The number of carbonyl (C=O) groups excluding carboxylic acids is 1. The lowest BCUT2D eigenvalue weighted by Gasteiger charge is -2.18. The molecule has 1 unspecified atom stereocenters. The zero-order valence-corrected chi connectivity index (χ0v) is 15.3. The maximum Gasteiger partial charge on any atom is 0.261 e. The average molecular weight is 349 g/mol. The van der Waals surface area contributed by atoms with Crippen molar-refractivity contribution in [3.63, 3.8) is 0 Å². The SMILES string of the molecule is CCC(NC(=O)Cn1cnc2c(C)cccc2c1=O)c1ccc(C)cc1. The van der Waals surface area contributed by atoms with Crippen molar-refractivity contribution < 1.29 is 4.79 Å². The van der Waals surface area contributed by atoms with Gasteiger partial charge in [0.15, 0.2) is 0 Å². The number of nitrogens with one attached hydrogen (secondary N) is 1. The van der Waals surface area contributed by atoms with Crippen LogP contribution in [0.25, 0.3) is 10.9 Å². The van der Waals surface area contributed by atoms with Gasteiger partial charge in [-0.25, -0.2) is 4.98 Å². The molecular formula is C21H23N3O2. The first-order valence-electron chi connectivity index (χ1n) is 8.80. The summed E-state index contributed by atoms with van der Waals surface area (Å²) in [6.45, 7) is 5.93. The van der Waals surface area contributed by atoms with Gasteiger partial charge in [0.2, 0.25) is 5.91 Å². The summed E-state index contributed by atoms with van der Waals surface area (Å²) in [5, 5.41) is 3.54. The van der Waals surface area contributed by atoms with Crippen LogP contribution in [0.3, 0.4) is 0 Å². The number of carbonyl (C=O) groups is 1. The number of aryl methyl sites for hydroxylation is 2. The molecule has 0 saturated heterocycles. The third kappa shape index (κ3) is 3.67. The van der Waals surface area contributed by atoms with E-state index < -0.39 is 0 Å². The third-order valence-electron chi connectivity index (χ3n) is 4.59. The number of fused-ring (bicyclic) bond motifs is 1. The van der Waals surface area contributed by atoms with Gasteiger partial charge in [0.1, 0.15) is 6.54 Å². The number of nitrogens with zero attached hydrogens (tertiary/aromatic N) is 2. The topological polar surface area (TPSA) is 64.0 Å². The fourth-order valence-electron chi connectivity index (χ4n) is 3.06. The summed E-state index contributed by atoms with van der Waals surface area (Å²) in [4.78, 5) is 29.4. The van der Waals surface area contributed by atoms with E-state index >= 15 is 0 Å². The van der Waals surface area contributed by atoms with Crippen molar-refractivity contribution in [2.75, 3.05) is 0 Å². The molecule has 0 aliphatic rings. The number of hydrogen-bond donors (Lipinski definition) is 1. The number of aromatic nitrogens is 2. The lowest BCUT2D eigenvalue weighted by Crippen LogP contribution is -2.34. The molecule has 0 spiro atoms. The maximum atomic E-state index is 12.6. The summed E-state index contributed by atoms with van der Waals surface area (Å²) in [7, 11) is 0. The highest BCUT2D eigenvalue weighted by Gasteiger charge is 2.14. The molecule has 0 bridgehead atoms. The quantitative estimate of drug-likeness (QED) is 0.769. The second kappa shape index (κ2) is 7.52. The Morgan fingerprint density at radius 1 is 1.15 bits per heavy atom. The van der Waals surface area contributed by atoms with Crippen LogP contribution in [-0.4, -0.2) is 15.5 Å². The molecule has 26 heavy (non-hydrogen) atoms. The Hall–Kier alpha value is -2.95. The van der Waals surface area contributed by atoms with Gasteiger partial charge in [-0.3, -0.25) is 14.2 Å². The molecule has 0 saturated carbocycles. The van der Waals surface area contributed by atoms with Crippen LogP contribution in [0, 0.1) is 13.8 Å². The van der Waals surface area contributed by atoms with E-state index in [1.54, 1.807) is 6.07 Å². The van der Waals surface area contributed by atoms with Gasteiger partial charge >= 0.3 is 0 Å². The summed E-state index contributed by atoms with van der Waals surface area (Å²) in [5.74, 6) is -0.201. The van der Waals surface area contributed by atoms with Gasteiger partial charge in [0.25, 0.3) is 5.56 Å². The fourth-order valence-corrected chi connectivity index (χ4v) is 3.06. The Bertz CT molecular complexity index is 990. The molecule has 0 aliphatic heterocycles. The minimum absolute atomic E-state index is 0.0436. The van der Waals surface area contributed by atoms with Crippen LogP contribution in [0.15, 0.2) is 53.6 Å². The molecule has 3 rings (SSSR count). The van der Waals surface area contributed by atoms with Gasteiger partial charge in [-0.1, -0.05) is 48.9 Å². The molecule has 1 atom stereocenters. The monoisotopic (exact) mass is 349 g/mol. The van der Waals surface area contributed by atoms with E-state index in [4.69, 9.17) is 0 Å². The van der Waals surface area contributed by atoms with Crippen LogP contribution in [-0.2, 0) is 11.3 Å². The Kier molecular flexibility index (Phi) is 5.16. The standard InChI is InChI=1S/C21H23N3O2/c1-4-18(16-10-8-14(2)9-11-16)23-19(25)12-24-13-22-20-15(3)6-5-7-17(20)21(24)26/h5-11,13,18H,4,12H2,1-3H3,(H,23,25). The second-order valence-corrected chi connectivity index (χ2v) is 6.59. The molecule has 1 aromatic heterocycles. The summed E-state index contributed by atoms with van der Waals surface area (Å²) in [6, 6.07) is 13.5. The summed E-state index contributed by atoms with van der Waals surface area (Å²) in [6.07, 6.45) is 2.23. The molecule has 5 heteroatoms. The number of para-hydroxylation sites is 1. The van der Waals surface area contributed by atoms with Gasteiger partial charge in [-0.15, -0.1) is 0 Å². The van der Waals surface area contributed by atoms with E-state index in [0.717, 1.165) is 17.5 Å². The first-order valence-corrected chi connectivity index (χ1v) is 8.80. The van der Waals surface area contributed by atoms with Crippen LogP contribution in [0.4, 0.5) is 0 Å².